The Morgan fingerprint density at radius 1 is 0.267 bits per heavy atom. The van der Waals surface area contributed by atoms with Crippen LogP contribution in [-0.4, -0.2) is 24.9 Å². The molecule has 0 saturated carbocycles. The van der Waals surface area contributed by atoms with E-state index in [4.69, 9.17) is 15.0 Å². The van der Waals surface area contributed by atoms with Crippen LogP contribution in [0.25, 0.3) is 165 Å². The topological polar surface area (TPSA) is 70.2 Å². The molecule has 86 heavy (non-hydrogen) atoms. The van der Waals surface area contributed by atoms with Gasteiger partial charge in [0.15, 0.2) is 5.82 Å². The summed E-state index contributed by atoms with van der Waals surface area (Å²) >= 11 is 0. The lowest BCUT2D eigenvalue weighted by Crippen LogP contribution is -2.04. The quantitative estimate of drug-likeness (QED) is 0.173. The van der Waals surface area contributed by atoms with Gasteiger partial charge < -0.3 is 9.97 Å². The number of benzene rings is 11. The van der Waals surface area contributed by atoms with Crippen LogP contribution in [0.2, 0.25) is 0 Å². The Kier molecular flexibility index (Phi) is 11.0. The van der Waals surface area contributed by atoms with Gasteiger partial charge in [-0.15, -0.1) is 0 Å². The highest BCUT2D eigenvalue weighted by Crippen LogP contribution is 2.52. The number of H-pyrrole nitrogens is 2. The number of rotatable bonds is 3. The number of halogens is 9. The van der Waals surface area contributed by atoms with E-state index in [1.165, 1.54) is 36.4 Å². The molecule has 0 amide bonds. The van der Waals surface area contributed by atoms with Crippen LogP contribution in [0, 0.1) is 0 Å². The molecule has 414 valence electrons. The third-order valence-corrected chi connectivity index (χ3v) is 16.7. The molecule has 2 aliphatic heterocycles. The van der Waals surface area contributed by atoms with Crippen LogP contribution in [0.5, 0.6) is 0 Å². The van der Waals surface area contributed by atoms with Gasteiger partial charge in [-0.25, -0.2) is 15.0 Å². The summed E-state index contributed by atoms with van der Waals surface area (Å²) in [7, 11) is 0. The Hall–Kier alpha value is -10.6. The molecule has 2 N–H and O–H groups in total. The fourth-order valence-electron chi connectivity index (χ4n) is 12.6. The SMILES string of the molecule is FC(F)(F)c1ccc(-c2c3nc(c(-c4ccc(C(F)(F)F)cc4)c4[nH]c(c(-c5ccc(C(F)(F)F)cc5)c5nc(nc6[nH]c2c2cc7ccccc7cc62)-c2cc6ccccc6cc2-5)c2cc5ccccc5cc42)-c2cc4ccccc4cc2-3)cc1. The van der Waals surface area contributed by atoms with Crippen molar-refractivity contribution in [1.29, 1.82) is 0 Å². The molecule has 5 heterocycles. The summed E-state index contributed by atoms with van der Waals surface area (Å²) in [5.74, 6) is 0.250. The summed E-state index contributed by atoms with van der Waals surface area (Å²) in [5, 5.41) is 9.06. The molecule has 5 nitrogen and oxygen atoms in total. The zero-order valence-corrected chi connectivity index (χ0v) is 44.5. The van der Waals surface area contributed by atoms with Crippen LogP contribution in [0.1, 0.15) is 16.7 Å². The Morgan fingerprint density at radius 3 is 0.895 bits per heavy atom. The normalized spacial score (nSPS) is 12.7. The highest BCUT2D eigenvalue weighted by molar-refractivity contribution is 6.23. The zero-order valence-electron chi connectivity index (χ0n) is 44.5. The van der Waals surface area contributed by atoms with E-state index < -0.39 is 35.2 Å². The first-order chi connectivity index (χ1) is 41.5. The summed E-state index contributed by atoms with van der Waals surface area (Å²) in [5.41, 5.74) is 4.52. The second-order valence-corrected chi connectivity index (χ2v) is 21.8. The number of fused-ring (bicyclic) bond motifs is 24. The number of aromatic amines is 2. The van der Waals surface area contributed by atoms with E-state index in [0.717, 1.165) is 79.5 Å². The van der Waals surface area contributed by atoms with Crippen molar-refractivity contribution in [3.05, 3.63) is 235 Å². The molecule has 14 aromatic rings. The molecule has 11 aromatic carbocycles. The number of aromatic nitrogens is 5. The zero-order chi connectivity index (χ0) is 58.5. The maximum absolute atomic E-state index is 14.7. The van der Waals surface area contributed by atoms with Crippen LogP contribution < -0.4 is 0 Å². The van der Waals surface area contributed by atoms with Gasteiger partial charge in [-0.05, 0) is 145 Å². The van der Waals surface area contributed by atoms with Gasteiger partial charge >= 0.3 is 18.5 Å². The van der Waals surface area contributed by atoms with Crippen molar-refractivity contribution in [1.82, 2.24) is 24.9 Å². The van der Waals surface area contributed by atoms with Crippen molar-refractivity contribution in [3.8, 4) is 78.5 Å². The van der Waals surface area contributed by atoms with E-state index in [1.54, 1.807) is 0 Å². The summed E-state index contributed by atoms with van der Waals surface area (Å²) in [6, 6.07) is 61.2. The number of nitrogens with one attached hydrogen (secondary N) is 2. The molecule has 0 unspecified atom stereocenters. The summed E-state index contributed by atoms with van der Waals surface area (Å²) < 4.78 is 132. The Labute approximate surface area is 481 Å². The summed E-state index contributed by atoms with van der Waals surface area (Å²) in [4.78, 5) is 24.1. The van der Waals surface area contributed by atoms with Gasteiger partial charge in [0, 0.05) is 60.5 Å². The molecule has 14 heteroatoms. The molecular formula is C72H38F9N5. The maximum atomic E-state index is 14.7. The smallest absolute Gasteiger partial charge is 0.353 e. The average molecular weight is 1140 g/mol. The predicted octanol–water partition coefficient (Wildman–Crippen LogP) is 21.4. The van der Waals surface area contributed by atoms with Crippen LogP contribution in [0.15, 0.2) is 218 Å². The average Bonchev–Trinajstić information content (AvgIpc) is 1.73. The van der Waals surface area contributed by atoms with Gasteiger partial charge in [-0.1, -0.05) is 133 Å². The van der Waals surface area contributed by atoms with Crippen LogP contribution in [-0.2, 0) is 18.5 Å². The molecule has 0 aliphatic carbocycles. The minimum Gasteiger partial charge on any atom is -0.353 e. The standard InChI is InChI=1S/C72H38F9N5/c73-70(74,75)48-23-17-37(18-24-48)59-62-51-29-40-9-1-3-11-42(40)31-53(51)64(82-62)60(38-19-25-49(26-20-38)71(76,77)78)66-55-33-44-13-5-7-15-46(44)35-57(55)68(84-66)86-69-58-36-47-16-8-6-14-45(47)34-56(58)67(85-69)61(39-21-27-50(28-22-39)72(79,80)81)65-54-32-43-12-4-2-10-41(43)30-52(54)63(59)83-65/h1-36,82H,(H,84,85,86). The fourth-order valence-corrected chi connectivity index (χ4v) is 12.6. The van der Waals surface area contributed by atoms with Crippen molar-refractivity contribution < 1.29 is 39.5 Å². The minimum atomic E-state index is -4.71. The lowest BCUT2D eigenvalue weighted by molar-refractivity contribution is -0.138. The van der Waals surface area contributed by atoms with Gasteiger partial charge in [0.25, 0.3) is 0 Å². The molecule has 0 fully saturated rings. The van der Waals surface area contributed by atoms with Crippen LogP contribution >= 0.6 is 0 Å². The fraction of sp³-hybridized carbons (Fsp3) is 0.0417. The second-order valence-electron chi connectivity index (χ2n) is 21.8. The Balaban J connectivity index is 1.21. The summed E-state index contributed by atoms with van der Waals surface area (Å²) in [6.45, 7) is 0. The van der Waals surface area contributed by atoms with Gasteiger partial charge in [0.1, 0.15) is 5.65 Å². The highest BCUT2D eigenvalue weighted by Gasteiger charge is 2.35. The van der Waals surface area contributed by atoms with E-state index in [9.17, 15) is 39.5 Å². The van der Waals surface area contributed by atoms with Gasteiger partial charge in [0.05, 0.1) is 50.3 Å². The lowest BCUT2D eigenvalue weighted by atomic mass is 9.91. The summed E-state index contributed by atoms with van der Waals surface area (Å²) in [6.07, 6.45) is -14.1. The van der Waals surface area contributed by atoms with Gasteiger partial charge in [-0.3, -0.25) is 0 Å². The molecule has 3 aromatic heterocycles. The van der Waals surface area contributed by atoms with Crippen molar-refractivity contribution >= 4 is 86.8 Å². The maximum Gasteiger partial charge on any atom is 0.416 e. The molecular weight excluding hydrogens is 1110 g/mol. The van der Waals surface area contributed by atoms with Gasteiger partial charge in [-0.2, -0.15) is 39.5 Å². The highest BCUT2D eigenvalue weighted by atomic mass is 19.4. The monoisotopic (exact) mass is 1140 g/mol. The first-order valence-corrected chi connectivity index (χ1v) is 27.4. The molecule has 0 spiro atoms. The first-order valence-electron chi connectivity index (χ1n) is 27.4. The predicted molar refractivity (Wildman–Crippen MR) is 324 cm³/mol. The van der Waals surface area contributed by atoms with E-state index in [1.807, 2.05) is 146 Å². The first kappa shape index (κ1) is 51.1. The number of nitrogens with zero attached hydrogens (tertiary/aromatic N) is 3. The number of hydrogen-bond acceptors (Lipinski definition) is 3. The largest absolute Gasteiger partial charge is 0.416 e. The molecule has 0 atom stereocenters. The van der Waals surface area contributed by atoms with Crippen molar-refractivity contribution in [2.45, 2.75) is 18.5 Å². The van der Waals surface area contributed by atoms with Crippen molar-refractivity contribution in [2.24, 2.45) is 0 Å². The van der Waals surface area contributed by atoms with Crippen LogP contribution in [0.3, 0.4) is 0 Å². The van der Waals surface area contributed by atoms with E-state index in [2.05, 4.69) is 9.97 Å². The third kappa shape index (κ3) is 8.14. The van der Waals surface area contributed by atoms with Gasteiger partial charge in [0.2, 0.25) is 0 Å². The van der Waals surface area contributed by atoms with E-state index in [0.29, 0.717) is 116 Å². The third-order valence-electron chi connectivity index (χ3n) is 16.7. The lowest BCUT2D eigenvalue weighted by Gasteiger charge is -2.12. The van der Waals surface area contributed by atoms with E-state index in [-0.39, 0.29) is 5.82 Å². The number of hydrogen-bond donors (Lipinski definition) is 2. The second kappa shape index (κ2) is 18.4. The minimum absolute atomic E-state index is 0.250. The van der Waals surface area contributed by atoms with E-state index >= 15 is 0 Å². The van der Waals surface area contributed by atoms with Crippen molar-refractivity contribution in [2.75, 3.05) is 0 Å². The molecule has 2 aliphatic rings. The van der Waals surface area contributed by atoms with Crippen molar-refractivity contribution in [3.63, 3.8) is 0 Å². The Bertz CT molecular complexity index is 5350. The molecule has 8 bridgehead atoms. The Morgan fingerprint density at radius 2 is 0.547 bits per heavy atom. The molecule has 0 radical (unpaired) electrons. The molecule has 0 saturated heterocycles. The van der Waals surface area contributed by atoms with Crippen LogP contribution in [0.4, 0.5) is 39.5 Å². The molecule has 16 rings (SSSR count). The number of alkyl halides is 9.